The molecule has 1 saturated heterocycles. The molecular formula is C15H30N2. The lowest BCUT2D eigenvalue weighted by atomic mass is 9.91. The smallest absolute Gasteiger partial charge is 0.0221 e. The molecule has 0 radical (unpaired) electrons. The lowest BCUT2D eigenvalue weighted by Crippen LogP contribution is -2.59. The second-order valence-corrected chi connectivity index (χ2v) is 6.24. The van der Waals surface area contributed by atoms with Crippen molar-refractivity contribution in [3.05, 3.63) is 0 Å². The molecule has 1 saturated carbocycles. The topological polar surface area (TPSA) is 15.3 Å². The van der Waals surface area contributed by atoms with E-state index in [2.05, 4.69) is 37.9 Å². The number of rotatable bonds is 3. The van der Waals surface area contributed by atoms with Crippen molar-refractivity contribution in [2.24, 2.45) is 11.8 Å². The molecule has 2 nitrogen and oxygen atoms in total. The molecule has 0 bridgehead atoms. The van der Waals surface area contributed by atoms with E-state index < -0.39 is 0 Å². The Morgan fingerprint density at radius 1 is 1.12 bits per heavy atom. The van der Waals surface area contributed by atoms with Gasteiger partial charge in [0.1, 0.15) is 0 Å². The molecule has 2 fully saturated rings. The van der Waals surface area contributed by atoms with Gasteiger partial charge in [0, 0.05) is 31.2 Å². The number of hydrogen-bond donors (Lipinski definition) is 1. The van der Waals surface area contributed by atoms with Gasteiger partial charge in [-0.2, -0.15) is 0 Å². The van der Waals surface area contributed by atoms with Crippen LogP contribution in [-0.4, -0.2) is 36.1 Å². The number of nitrogens with zero attached hydrogens (tertiary/aromatic N) is 1. The molecule has 2 rings (SSSR count). The summed E-state index contributed by atoms with van der Waals surface area (Å²) in [5.41, 5.74) is 0. The van der Waals surface area contributed by atoms with E-state index in [0.29, 0.717) is 6.04 Å². The highest BCUT2D eigenvalue weighted by Crippen LogP contribution is 2.38. The van der Waals surface area contributed by atoms with Crippen molar-refractivity contribution in [3.63, 3.8) is 0 Å². The van der Waals surface area contributed by atoms with Crippen LogP contribution in [0.5, 0.6) is 0 Å². The van der Waals surface area contributed by atoms with Crippen molar-refractivity contribution in [3.8, 4) is 0 Å². The summed E-state index contributed by atoms with van der Waals surface area (Å²) >= 11 is 0. The minimum Gasteiger partial charge on any atom is -0.311 e. The first-order valence-electron chi connectivity index (χ1n) is 7.66. The first kappa shape index (κ1) is 13.4. The van der Waals surface area contributed by atoms with Crippen molar-refractivity contribution in [2.75, 3.05) is 13.1 Å². The van der Waals surface area contributed by atoms with E-state index in [0.717, 1.165) is 23.9 Å². The van der Waals surface area contributed by atoms with Crippen LogP contribution in [0.2, 0.25) is 0 Å². The zero-order valence-electron chi connectivity index (χ0n) is 12.1. The van der Waals surface area contributed by atoms with Gasteiger partial charge < -0.3 is 5.32 Å². The third-order valence-corrected chi connectivity index (χ3v) is 5.26. The fourth-order valence-electron chi connectivity index (χ4n) is 4.04. The Hall–Kier alpha value is -0.0800. The average molecular weight is 238 g/mol. The normalized spacial score (nSPS) is 44.1. The fourth-order valence-corrected chi connectivity index (χ4v) is 4.04. The molecule has 17 heavy (non-hydrogen) atoms. The molecule has 1 heterocycles. The maximum Gasteiger partial charge on any atom is 0.0221 e. The molecule has 0 aromatic carbocycles. The van der Waals surface area contributed by atoms with Crippen LogP contribution < -0.4 is 5.32 Å². The molecule has 1 aliphatic carbocycles. The van der Waals surface area contributed by atoms with E-state index in [1.54, 1.807) is 0 Å². The maximum atomic E-state index is 3.63. The Morgan fingerprint density at radius 3 is 2.47 bits per heavy atom. The third-order valence-electron chi connectivity index (χ3n) is 5.26. The van der Waals surface area contributed by atoms with E-state index >= 15 is 0 Å². The molecule has 0 aromatic rings. The van der Waals surface area contributed by atoms with E-state index in [9.17, 15) is 0 Å². The second kappa shape index (κ2) is 5.71. The van der Waals surface area contributed by atoms with Crippen LogP contribution in [0.4, 0.5) is 0 Å². The molecule has 5 unspecified atom stereocenters. The van der Waals surface area contributed by atoms with Gasteiger partial charge in [0.05, 0.1) is 0 Å². The summed E-state index contributed by atoms with van der Waals surface area (Å²) in [6.07, 6.45) is 5.55. The average Bonchev–Trinajstić information content (AvgIpc) is 2.70. The summed E-state index contributed by atoms with van der Waals surface area (Å²) in [6, 6.07) is 2.30. The van der Waals surface area contributed by atoms with Crippen molar-refractivity contribution >= 4 is 0 Å². The van der Waals surface area contributed by atoms with Crippen LogP contribution in [0.1, 0.15) is 53.4 Å². The van der Waals surface area contributed by atoms with Gasteiger partial charge in [-0.25, -0.2) is 0 Å². The Labute approximate surface area is 107 Å². The summed E-state index contributed by atoms with van der Waals surface area (Å²) in [6.45, 7) is 12.0. The zero-order valence-corrected chi connectivity index (χ0v) is 12.1. The first-order valence-corrected chi connectivity index (χ1v) is 7.66. The van der Waals surface area contributed by atoms with Crippen molar-refractivity contribution in [1.82, 2.24) is 10.2 Å². The Morgan fingerprint density at radius 2 is 1.88 bits per heavy atom. The molecule has 0 aromatic heterocycles. The molecule has 2 aliphatic rings. The predicted molar refractivity (Wildman–Crippen MR) is 74.2 cm³/mol. The number of hydrogen-bond acceptors (Lipinski definition) is 2. The fraction of sp³-hybridized carbons (Fsp3) is 1.00. The highest BCUT2D eigenvalue weighted by molar-refractivity contribution is 4.94. The molecule has 5 atom stereocenters. The van der Waals surface area contributed by atoms with Crippen LogP contribution >= 0.6 is 0 Å². The Bertz CT molecular complexity index is 241. The maximum absolute atomic E-state index is 3.63. The molecule has 0 amide bonds. The second-order valence-electron chi connectivity index (χ2n) is 6.24. The zero-order chi connectivity index (χ0) is 12.4. The monoisotopic (exact) mass is 238 g/mol. The highest BCUT2D eigenvalue weighted by atomic mass is 15.3. The molecule has 100 valence electrons. The number of piperazine rings is 1. The summed E-state index contributed by atoms with van der Waals surface area (Å²) in [5.74, 6) is 1.88. The standard InChI is InChI=1S/C15H30N2/c1-5-13-7-8-15(12(13)4)17-10-11(3)16-9-14(17)6-2/h11-16H,5-10H2,1-4H3. The van der Waals surface area contributed by atoms with Crippen LogP contribution in [0.25, 0.3) is 0 Å². The Kier molecular flexibility index (Phi) is 4.48. The van der Waals surface area contributed by atoms with Crippen LogP contribution in [0.3, 0.4) is 0 Å². The van der Waals surface area contributed by atoms with E-state index in [-0.39, 0.29) is 0 Å². The molecule has 1 aliphatic heterocycles. The van der Waals surface area contributed by atoms with E-state index in [4.69, 9.17) is 0 Å². The lowest BCUT2D eigenvalue weighted by molar-refractivity contribution is 0.0611. The van der Waals surface area contributed by atoms with Crippen LogP contribution in [-0.2, 0) is 0 Å². The first-order chi connectivity index (χ1) is 8.17. The van der Waals surface area contributed by atoms with Crippen LogP contribution in [0.15, 0.2) is 0 Å². The van der Waals surface area contributed by atoms with Crippen molar-refractivity contribution in [1.29, 1.82) is 0 Å². The van der Waals surface area contributed by atoms with Gasteiger partial charge in [-0.1, -0.05) is 27.2 Å². The van der Waals surface area contributed by atoms with Gasteiger partial charge in [0.2, 0.25) is 0 Å². The summed E-state index contributed by atoms with van der Waals surface area (Å²) < 4.78 is 0. The van der Waals surface area contributed by atoms with Gasteiger partial charge >= 0.3 is 0 Å². The Balaban J connectivity index is 2.03. The largest absolute Gasteiger partial charge is 0.311 e. The predicted octanol–water partition coefficient (Wildman–Crippen LogP) is 2.88. The molecule has 2 heteroatoms. The van der Waals surface area contributed by atoms with Gasteiger partial charge in [-0.05, 0) is 38.0 Å². The molecule has 1 N–H and O–H groups in total. The SMILES string of the molecule is CCC1CCC(N2CC(C)NCC2CC)C1C. The minimum atomic E-state index is 0.672. The summed E-state index contributed by atoms with van der Waals surface area (Å²) in [7, 11) is 0. The summed E-state index contributed by atoms with van der Waals surface area (Å²) in [5, 5.41) is 3.63. The molecule has 0 spiro atoms. The minimum absolute atomic E-state index is 0.672. The lowest BCUT2D eigenvalue weighted by Gasteiger charge is -2.44. The van der Waals surface area contributed by atoms with Gasteiger partial charge in [0.25, 0.3) is 0 Å². The third kappa shape index (κ3) is 2.68. The van der Waals surface area contributed by atoms with Crippen molar-refractivity contribution < 1.29 is 0 Å². The number of nitrogens with one attached hydrogen (secondary N) is 1. The summed E-state index contributed by atoms with van der Waals surface area (Å²) in [4.78, 5) is 2.83. The molecular weight excluding hydrogens is 208 g/mol. The van der Waals surface area contributed by atoms with Crippen molar-refractivity contribution in [2.45, 2.75) is 71.5 Å². The quantitative estimate of drug-likeness (QED) is 0.813. The highest BCUT2D eigenvalue weighted by Gasteiger charge is 2.39. The van der Waals surface area contributed by atoms with Gasteiger partial charge in [-0.15, -0.1) is 0 Å². The van der Waals surface area contributed by atoms with Crippen LogP contribution in [0, 0.1) is 11.8 Å². The van der Waals surface area contributed by atoms with E-state index in [1.165, 1.54) is 38.8 Å². The van der Waals surface area contributed by atoms with E-state index in [1.807, 2.05) is 0 Å². The van der Waals surface area contributed by atoms with Gasteiger partial charge in [-0.3, -0.25) is 4.90 Å². The van der Waals surface area contributed by atoms with Gasteiger partial charge in [0.15, 0.2) is 0 Å².